The average Bonchev–Trinajstić information content (AvgIpc) is 2.58. The summed E-state index contributed by atoms with van der Waals surface area (Å²) < 4.78 is 40.8. The molecule has 0 bridgehead atoms. The monoisotopic (exact) mass is 380 g/mol. The summed E-state index contributed by atoms with van der Waals surface area (Å²) in [6, 6.07) is 9.25. The molecular formula is C17H14ClFN2O3S. The summed E-state index contributed by atoms with van der Waals surface area (Å²) in [5.74, 6) is 0.809. The van der Waals surface area contributed by atoms with Crippen molar-refractivity contribution in [1.82, 2.24) is 5.32 Å². The molecule has 0 unspecified atom stereocenters. The Morgan fingerprint density at radius 1 is 1.32 bits per heavy atom. The molecule has 2 rings (SSSR count). The van der Waals surface area contributed by atoms with Gasteiger partial charge in [0.15, 0.2) is 0 Å². The van der Waals surface area contributed by atoms with Crippen LogP contribution in [-0.2, 0) is 14.8 Å². The van der Waals surface area contributed by atoms with Crippen LogP contribution in [0.4, 0.5) is 10.1 Å². The number of nitrogens with zero attached hydrogens (tertiary/aromatic N) is 1. The molecule has 0 spiro atoms. The second-order valence-corrected chi connectivity index (χ2v) is 7.22. The number of carbonyl (C=O) groups excluding carboxylic acids is 1. The zero-order valence-corrected chi connectivity index (χ0v) is 14.7. The Balaban J connectivity index is 2.61. The van der Waals surface area contributed by atoms with Crippen molar-refractivity contribution in [2.45, 2.75) is 4.90 Å². The molecule has 0 aliphatic rings. The van der Waals surface area contributed by atoms with Crippen molar-refractivity contribution < 1.29 is 17.6 Å². The summed E-state index contributed by atoms with van der Waals surface area (Å²) in [7, 11) is -2.99. The van der Waals surface area contributed by atoms with Gasteiger partial charge < -0.3 is 5.32 Å². The molecule has 0 atom stereocenters. The van der Waals surface area contributed by atoms with Crippen LogP contribution in [0.25, 0.3) is 0 Å². The Kier molecular flexibility index (Phi) is 5.67. The van der Waals surface area contributed by atoms with Crippen molar-refractivity contribution in [3.8, 4) is 12.3 Å². The fraction of sp³-hybridized carbons (Fsp3) is 0.118. The maximum atomic E-state index is 14.2. The lowest BCUT2D eigenvalue weighted by molar-refractivity contribution is -0.119. The van der Waals surface area contributed by atoms with Gasteiger partial charge in [0.05, 0.1) is 5.69 Å². The van der Waals surface area contributed by atoms with Crippen LogP contribution in [0.3, 0.4) is 0 Å². The van der Waals surface area contributed by atoms with Gasteiger partial charge in [-0.1, -0.05) is 23.6 Å². The van der Waals surface area contributed by atoms with Crippen LogP contribution in [0.2, 0.25) is 5.02 Å². The first-order valence-electron chi connectivity index (χ1n) is 7.04. The number of hydrogen-bond acceptors (Lipinski definition) is 3. The van der Waals surface area contributed by atoms with E-state index < -0.39 is 33.2 Å². The molecule has 2 aromatic rings. The van der Waals surface area contributed by atoms with E-state index in [2.05, 4.69) is 11.2 Å². The average molecular weight is 381 g/mol. The molecule has 0 heterocycles. The van der Waals surface area contributed by atoms with Crippen molar-refractivity contribution in [1.29, 1.82) is 0 Å². The normalized spacial score (nSPS) is 10.8. The second kappa shape index (κ2) is 7.55. The Morgan fingerprint density at radius 3 is 2.64 bits per heavy atom. The van der Waals surface area contributed by atoms with Crippen molar-refractivity contribution in [2.24, 2.45) is 0 Å². The van der Waals surface area contributed by atoms with E-state index in [-0.39, 0.29) is 10.7 Å². The first kappa shape index (κ1) is 18.8. The molecule has 2 aromatic carbocycles. The quantitative estimate of drug-likeness (QED) is 0.810. The SMILES string of the molecule is C#Cc1cccc(N(CC(=O)NC)S(=O)(=O)c2ccc(Cl)cc2F)c1. The van der Waals surface area contributed by atoms with E-state index >= 15 is 0 Å². The van der Waals surface area contributed by atoms with Gasteiger partial charge in [-0.2, -0.15) is 0 Å². The van der Waals surface area contributed by atoms with Crippen LogP contribution in [-0.4, -0.2) is 27.9 Å². The Bertz CT molecular complexity index is 955. The molecule has 0 saturated heterocycles. The van der Waals surface area contributed by atoms with E-state index in [0.29, 0.717) is 5.56 Å². The zero-order valence-electron chi connectivity index (χ0n) is 13.2. The standard InChI is InChI=1S/C17H14ClFN2O3S/c1-3-12-5-4-6-14(9-12)21(11-17(22)20-2)25(23,24)16-8-7-13(18)10-15(16)19/h1,4-10H,11H2,2H3,(H,20,22). The highest BCUT2D eigenvalue weighted by Gasteiger charge is 2.29. The van der Waals surface area contributed by atoms with Crippen molar-refractivity contribution in [3.05, 3.63) is 58.9 Å². The van der Waals surface area contributed by atoms with Crippen molar-refractivity contribution in [2.75, 3.05) is 17.9 Å². The molecule has 25 heavy (non-hydrogen) atoms. The number of nitrogens with one attached hydrogen (secondary N) is 1. The first-order chi connectivity index (χ1) is 11.8. The van der Waals surface area contributed by atoms with Crippen LogP contribution in [0.15, 0.2) is 47.4 Å². The van der Waals surface area contributed by atoms with Gasteiger partial charge in [0.25, 0.3) is 10.0 Å². The molecule has 1 N–H and O–H groups in total. The van der Waals surface area contributed by atoms with Gasteiger partial charge in [0.2, 0.25) is 5.91 Å². The number of halogens is 2. The highest BCUT2D eigenvalue weighted by Crippen LogP contribution is 2.27. The molecule has 0 aromatic heterocycles. The Hall–Kier alpha value is -2.56. The lowest BCUT2D eigenvalue weighted by Gasteiger charge is -2.24. The van der Waals surface area contributed by atoms with Crippen LogP contribution in [0.5, 0.6) is 0 Å². The number of hydrogen-bond donors (Lipinski definition) is 1. The summed E-state index contributed by atoms with van der Waals surface area (Å²) in [6.45, 7) is -0.533. The third-order valence-corrected chi connectivity index (χ3v) is 5.37. The number of amides is 1. The van der Waals surface area contributed by atoms with Crippen molar-refractivity contribution in [3.63, 3.8) is 0 Å². The maximum absolute atomic E-state index is 14.2. The lowest BCUT2D eigenvalue weighted by Crippen LogP contribution is -2.40. The number of anilines is 1. The summed E-state index contributed by atoms with van der Waals surface area (Å²) in [6.07, 6.45) is 5.34. The van der Waals surface area contributed by atoms with E-state index in [1.54, 1.807) is 12.1 Å². The number of rotatable bonds is 5. The van der Waals surface area contributed by atoms with Gasteiger partial charge in [0, 0.05) is 17.6 Å². The maximum Gasteiger partial charge on any atom is 0.267 e. The van der Waals surface area contributed by atoms with Gasteiger partial charge >= 0.3 is 0 Å². The molecule has 130 valence electrons. The lowest BCUT2D eigenvalue weighted by atomic mass is 10.2. The van der Waals surface area contributed by atoms with E-state index in [1.165, 1.54) is 25.2 Å². The molecule has 0 aliphatic heterocycles. The molecule has 0 fully saturated rings. The van der Waals surface area contributed by atoms with E-state index in [9.17, 15) is 17.6 Å². The number of terminal acetylenes is 1. The summed E-state index contributed by atoms with van der Waals surface area (Å²) >= 11 is 5.68. The second-order valence-electron chi connectivity index (χ2n) is 4.95. The van der Waals surface area contributed by atoms with Crippen LogP contribution >= 0.6 is 11.6 Å². The summed E-state index contributed by atoms with van der Waals surface area (Å²) in [4.78, 5) is 11.2. The number of likely N-dealkylation sites (N-methyl/N-ethyl adjacent to an activating group) is 1. The number of benzene rings is 2. The Morgan fingerprint density at radius 2 is 2.04 bits per heavy atom. The van der Waals surface area contributed by atoms with E-state index in [0.717, 1.165) is 16.4 Å². The number of sulfonamides is 1. The minimum atomic E-state index is -4.36. The molecule has 1 amide bonds. The zero-order chi connectivity index (χ0) is 18.6. The van der Waals surface area contributed by atoms with Gasteiger partial charge in [0.1, 0.15) is 17.3 Å². The van der Waals surface area contributed by atoms with Gasteiger partial charge in [-0.15, -0.1) is 6.42 Å². The highest BCUT2D eigenvalue weighted by atomic mass is 35.5. The highest BCUT2D eigenvalue weighted by molar-refractivity contribution is 7.92. The molecular weight excluding hydrogens is 367 g/mol. The van der Waals surface area contributed by atoms with Crippen LogP contribution in [0.1, 0.15) is 5.56 Å². The third-order valence-electron chi connectivity index (χ3n) is 3.33. The molecule has 8 heteroatoms. The van der Waals surface area contributed by atoms with Crippen LogP contribution in [0, 0.1) is 18.2 Å². The fourth-order valence-electron chi connectivity index (χ4n) is 2.08. The molecule has 0 aliphatic carbocycles. The third kappa shape index (κ3) is 4.10. The van der Waals surface area contributed by atoms with Crippen molar-refractivity contribution >= 4 is 33.2 Å². The largest absolute Gasteiger partial charge is 0.358 e. The predicted molar refractivity (Wildman–Crippen MR) is 94.4 cm³/mol. The number of carbonyl (C=O) groups is 1. The first-order valence-corrected chi connectivity index (χ1v) is 8.86. The van der Waals surface area contributed by atoms with Gasteiger partial charge in [-0.3, -0.25) is 9.10 Å². The van der Waals surface area contributed by atoms with E-state index in [1.807, 2.05) is 0 Å². The Labute approximate surface area is 150 Å². The summed E-state index contributed by atoms with van der Waals surface area (Å²) in [5, 5.41) is 2.40. The van der Waals surface area contributed by atoms with Crippen LogP contribution < -0.4 is 9.62 Å². The fourth-order valence-corrected chi connectivity index (χ4v) is 3.70. The molecule has 0 saturated carbocycles. The smallest absolute Gasteiger partial charge is 0.267 e. The van der Waals surface area contributed by atoms with Gasteiger partial charge in [-0.25, -0.2) is 12.8 Å². The van der Waals surface area contributed by atoms with E-state index in [4.69, 9.17) is 18.0 Å². The minimum Gasteiger partial charge on any atom is -0.358 e. The molecule has 5 nitrogen and oxygen atoms in total. The minimum absolute atomic E-state index is 0.0589. The predicted octanol–water partition coefficient (Wildman–Crippen LogP) is 2.40. The van der Waals surface area contributed by atoms with Gasteiger partial charge in [-0.05, 0) is 36.4 Å². The molecule has 0 radical (unpaired) electrons. The topological polar surface area (TPSA) is 66.5 Å². The summed E-state index contributed by atoms with van der Waals surface area (Å²) in [5.41, 5.74) is 0.569.